The standard InChI is InChI=1S/C43H31NS/c1-4-28-22-23-31(26-29(28)5-2)44(30-13-7-6-8-14-30)38-19-12-18-37-41(38)32-16-11-17-35(32)43(37)36-24-21-27(3)25-34(36)40-33-15-9-10-20-39(33)45-42(40)43/h4,6-15,17-21,24-26H,1,5,16H2,2-3H3. The molecule has 0 radical (unpaired) electrons. The Morgan fingerprint density at radius 2 is 1.73 bits per heavy atom. The average molecular weight is 594 g/mol. The molecule has 0 N–H and O–H groups in total. The second-order valence-corrected chi connectivity index (χ2v) is 13.3. The highest BCUT2D eigenvalue weighted by atomic mass is 32.1. The molecule has 214 valence electrons. The van der Waals surface area contributed by atoms with Gasteiger partial charge in [-0.05, 0) is 89.6 Å². The minimum atomic E-state index is -0.338. The van der Waals surface area contributed by atoms with E-state index in [4.69, 9.17) is 0 Å². The lowest BCUT2D eigenvalue weighted by Crippen LogP contribution is -2.26. The maximum Gasteiger partial charge on any atom is 0.0976 e. The molecule has 2 heteroatoms. The highest BCUT2D eigenvalue weighted by Crippen LogP contribution is 2.68. The zero-order valence-corrected chi connectivity index (χ0v) is 26.3. The van der Waals surface area contributed by atoms with E-state index < -0.39 is 0 Å². The summed E-state index contributed by atoms with van der Waals surface area (Å²) in [6, 6.07) is 43.0. The van der Waals surface area contributed by atoms with Gasteiger partial charge in [-0.15, -0.1) is 11.3 Å². The molecule has 0 amide bonds. The maximum absolute atomic E-state index is 4.04. The number of hydrogen-bond donors (Lipinski definition) is 0. The molecule has 3 aliphatic carbocycles. The Balaban J connectivity index is 1.37. The van der Waals surface area contributed by atoms with Crippen molar-refractivity contribution in [2.24, 2.45) is 0 Å². The first-order valence-electron chi connectivity index (χ1n) is 15.8. The Hall–Kier alpha value is -5.10. The zero-order valence-electron chi connectivity index (χ0n) is 25.4. The average Bonchev–Trinajstić information content (AvgIpc) is 3.83. The molecule has 1 spiro atoms. The maximum atomic E-state index is 4.04. The summed E-state index contributed by atoms with van der Waals surface area (Å²) >= 11 is 1.97. The molecular formula is C43H31NS. The van der Waals surface area contributed by atoms with Crippen molar-refractivity contribution in [3.8, 4) is 11.1 Å². The first-order valence-corrected chi connectivity index (χ1v) is 16.6. The molecular weight excluding hydrogens is 563 g/mol. The van der Waals surface area contributed by atoms with E-state index in [2.05, 4.69) is 147 Å². The predicted molar refractivity (Wildman–Crippen MR) is 191 cm³/mol. The number of aryl methyl sites for hydroxylation is 2. The van der Waals surface area contributed by atoms with Crippen molar-refractivity contribution in [3.63, 3.8) is 0 Å². The number of fused-ring (bicyclic) bond motifs is 11. The first kappa shape index (κ1) is 26.3. The van der Waals surface area contributed by atoms with Gasteiger partial charge in [0.25, 0.3) is 0 Å². The fourth-order valence-corrected chi connectivity index (χ4v) is 9.54. The number of anilines is 3. The first-order chi connectivity index (χ1) is 22.1. The normalized spacial score (nSPS) is 16.9. The summed E-state index contributed by atoms with van der Waals surface area (Å²) in [6.07, 6.45) is 8.51. The quantitative estimate of drug-likeness (QED) is 0.192. The van der Waals surface area contributed by atoms with E-state index >= 15 is 0 Å². The van der Waals surface area contributed by atoms with Crippen LogP contribution in [0.5, 0.6) is 0 Å². The Kier molecular flexibility index (Phi) is 5.67. The lowest BCUT2D eigenvalue weighted by atomic mass is 9.73. The number of thiophene rings is 1. The molecule has 1 atom stereocenters. The third-order valence-corrected chi connectivity index (χ3v) is 11.2. The van der Waals surface area contributed by atoms with E-state index in [0.29, 0.717) is 0 Å². The van der Waals surface area contributed by atoms with Crippen LogP contribution in [0.4, 0.5) is 17.1 Å². The second-order valence-electron chi connectivity index (χ2n) is 12.2. The summed E-state index contributed by atoms with van der Waals surface area (Å²) in [4.78, 5) is 3.84. The molecule has 45 heavy (non-hydrogen) atoms. The van der Waals surface area contributed by atoms with E-state index in [1.165, 1.54) is 70.7 Å². The monoisotopic (exact) mass is 593 g/mol. The summed E-state index contributed by atoms with van der Waals surface area (Å²) in [6.45, 7) is 8.45. The van der Waals surface area contributed by atoms with Crippen LogP contribution >= 0.6 is 11.3 Å². The molecule has 0 saturated carbocycles. The summed E-state index contributed by atoms with van der Waals surface area (Å²) < 4.78 is 1.35. The van der Waals surface area contributed by atoms with Crippen LogP contribution in [-0.4, -0.2) is 0 Å². The third-order valence-electron chi connectivity index (χ3n) is 9.93. The summed E-state index contributed by atoms with van der Waals surface area (Å²) in [5.74, 6) is 0. The zero-order chi connectivity index (χ0) is 30.3. The number of benzene rings is 4. The van der Waals surface area contributed by atoms with E-state index in [0.717, 1.165) is 29.8 Å². The highest BCUT2D eigenvalue weighted by Gasteiger charge is 2.55. The fraction of sp³-hybridized carbons (Fsp3) is 0.116. The number of para-hydroxylation sites is 1. The van der Waals surface area contributed by atoms with Crippen molar-refractivity contribution < 1.29 is 0 Å². The minimum Gasteiger partial charge on any atom is -0.303 e. The van der Waals surface area contributed by atoms with Crippen LogP contribution in [0, 0.1) is 19.1 Å². The highest BCUT2D eigenvalue weighted by molar-refractivity contribution is 7.20. The Morgan fingerprint density at radius 3 is 2.58 bits per heavy atom. The van der Waals surface area contributed by atoms with Crippen molar-refractivity contribution in [1.82, 2.24) is 0 Å². The van der Waals surface area contributed by atoms with Crippen LogP contribution in [0.25, 0.3) is 32.9 Å². The number of rotatable bonds is 5. The van der Waals surface area contributed by atoms with Crippen LogP contribution in [0.3, 0.4) is 0 Å². The van der Waals surface area contributed by atoms with Gasteiger partial charge in [0.2, 0.25) is 0 Å². The van der Waals surface area contributed by atoms with Gasteiger partial charge in [0.1, 0.15) is 0 Å². The topological polar surface area (TPSA) is 3.24 Å². The van der Waals surface area contributed by atoms with Gasteiger partial charge in [0.15, 0.2) is 0 Å². The Morgan fingerprint density at radius 1 is 0.889 bits per heavy atom. The van der Waals surface area contributed by atoms with Crippen molar-refractivity contribution in [1.29, 1.82) is 0 Å². The molecule has 1 nitrogen and oxygen atoms in total. The van der Waals surface area contributed by atoms with Crippen LogP contribution in [-0.2, 0) is 11.8 Å². The van der Waals surface area contributed by atoms with Crippen LogP contribution in [0.1, 0.15) is 51.6 Å². The van der Waals surface area contributed by atoms with Gasteiger partial charge < -0.3 is 4.90 Å². The van der Waals surface area contributed by atoms with E-state index in [-0.39, 0.29) is 5.41 Å². The molecule has 5 aromatic carbocycles. The summed E-state index contributed by atoms with van der Waals surface area (Å²) in [5.41, 5.74) is 16.3. The van der Waals surface area contributed by atoms with Crippen LogP contribution in [0.2, 0.25) is 0 Å². The molecule has 0 fully saturated rings. The molecule has 1 unspecified atom stereocenters. The molecule has 0 aliphatic heterocycles. The molecule has 6 aromatic rings. The Bertz CT molecular complexity index is 2260. The molecule has 1 heterocycles. The van der Waals surface area contributed by atoms with Gasteiger partial charge in [0, 0.05) is 37.3 Å². The predicted octanol–water partition coefficient (Wildman–Crippen LogP) is 11.5. The minimum absolute atomic E-state index is 0.338. The molecule has 9 rings (SSSR count). The van der Waals surface area contributed by atoms with Crippen LogP contribution in [0.15, 0.2) is 121 Å². The molecule has 3 aliphatic rings. The number of nitrogens with zero attached hydrogens (tertiary/aromatic N) is 1. The van der Waals surface area contributed by atoms with Crippen molar-refractivity contribution in [2.45, 2.75) is 32.1 Å². The smallest absolute Gasteiger partial charge is 0.0976 e. The molecule has 1 aromatic heterocycles. The lowest BCUT2D eigenvalue weighted by molar-refractivity contribution is 0.804. The van der Waals surface area contributed by atoms with Gasteiger partial charge in [-0.2, -0.15) is 0 Å². The van der Waals surface area contributed by atoms with Gasteiger partial charge in [-0.25, -0.2) is 0 Å². The van der Waals surface area contributed by atoms with Crippen molar-refractivity contribution >= 4 is 50.1 Å². The van der Waals surface area contributed by atoms with Crippen molar-refractivity contribution in [3.05, 3.63) is 172 Å². The second kappa shape index (κ2) is 9.70. The van der Waals surface area contributed by atoms with E-state index in [1.54, 1.807) is 0 Å². The number of allylic oxidation sites excluding steroid dienone is 4. The Labute approximate surface area is 269 Å². The summed E-state index contributed by atoms with van der Waals surface area (Å²) in [5, 5.41) is 1.36. The fourth-order valence-electron chi connectivity index (χ4n) is 8.09. The van der Waals surface area contributed by atoms with Crippen molar-refractivity contribution in [2.75, 3.05) is 4.90 Å². The largest absolute Gasteiger partial charge is 0.303 e. The van der Waals surface area contributed by atoms with Gasteiger partial charge >= 0.3 is 0 Å². The van der Waals surface area contributed by atoms with E-state index in [1.807, 2.05) is 17.4 Å². The molecule has 0 bridgehead atoms. The van der Waals surface area contributed by atoms with Gasteiger partial charge in [0.05, 0.1) is 16.8 Å². The van der Waals surface area contributed by atoms with Crippen LogP contribution < -0.4 is 4.90 Å². The SMILES string of the molecule is C=Cc1c#cc(N(c2ccccc2)c2cccc3c2C2=C(C=CC2)C32c3ccc(C)cc3-c3c2sc2ccccc32)cc1CC. The lowest BCUT2D eigenvalue weighted by Gasteiger charge is -2.32. The van der Waals surface area contributed by atoms with Gasteiger partial charge in [-0.1, -0.05) is 110 Å². The van der Waals surface area contributed by atoms with Gasteiger partial charge in [-0.3, -0.25) is 0 Å². The molecule has 0 saturated heterocycles. The number of hydrogen-bond acceptors (Lipinski definition) is 2. The summed E-state index contributed by atoms with van der Waals surface area (Å²) in [7, 11) is 0. The van der Waals surface area contributed by atoms with E-state index in [9.17, 15) is 0 Å². The third kappa shape index (κ3) is 3.45.